The number of halogens is 1. The largest absolute Gasteiger partial charge is 0.396 e. The van der Waals surface area contributed by atoms with Gasteiger partial charge in [-0.2, -0.15) is 0 Å². The highest BCUT2D eigenvalue weighted by molar-refractivity contribution is 9.10. The summed E-state index contributed by atoms with van der Waals surface area (Å²) in [7, 11) is 1.99. The van der Waals surface area contributed by atoms with E-state index in [4.69, 9.17) is 5.11 Å². The second kappa shape index (κ2) is 4.69. The quantitative estimate of drug-likeness (QED) is 0.946. The van der Waals surface area contributed by atoms with E-state index in [1.807, 2.05) is 14.0 Å². The molecule has 0 atom stereocenters. The third-order valence-corrected chi connectivity index (χ3v) is 4.20. The molecule has 0 radical (unpaired) electrons. The normalized spacial score (nSPS) is 11.0. The first-order valence-corrected chi connectivity index (χ1v) is 6.68. The summed E-state index contributed by atoms with van der Waals surface area (Å²) >= 11 is 5.15. The van der Waals surface area contributed by atoms with E-state index in [1.165, 1.54) is 4.88 Å². The van der Waals surface area contributed by atoms with Gasteiger partial charge in [0.25, 0.3) is 0 Å². The van der Waals surface area contributed by atoms with Crippen molar-refractivity contribution in [3.63, 3.8) is 0 Å². The van der Waals surface area contributed by atoms with Gasteiger partial charge in [-0.3, -0.25) is 0 Å². The molecule has 2 aromatic heterocycles. The van der Waals surface area contributed by atoms with Crippen molar-refractivity contribution in [2.45, 2.75) is 13.3 Å². The smallest absolute Gasteiger partial charge is 0.111 e. The average molecular weight is 301 g/mol. The number of aliphatic hydroxyl groups is 1. The summed E-state index contributed by atoms with van der Waals surface area (Å²) in [6.07, 6.45) is 0.601. The lowest BCUT2D eigenvalue weighted by molar-refractivity contribution is 0.295. The maximum atomic E-state index is 8.96. The zero-order valence-electron chi connectivity index (χ0n) is 9.20. The number of aliphatic hydroxyl groups excluding tert-OH is 1. The van der Waals surface area contributed by atoms with Crippen molar-refractivity contribution < 1.29 is 5.11 Å². The molecule has 2 heterocycles. The van der Waals surface area contributed by atoms with Crippen LogP contribution in [0, 0.1) is 6.92 Å². The minimum atomic E-state index is 0.137. The SMILES string of the molecule is Cc1nc(CCO)n(C)c1-c1cc(Br)cs1. The standard InChI is InChI=1S/C11H13BrN2OS/c1-7-11(9-5-8(12)6-16-9)14(2)10(13-7)3-4-15/h5-6,15H,3-4H2,1-2H3. The lowest BCUT2D eigenvalue weighted by Crippen LogP contribution is -2.01. The average Bonchev–Trinajstić information content (AvgIpc) is 2.74. The van der Waals surface area contributed by atoms with Gasteiger partial charge in [0.2, 0.25) is 0 Å². The van der Waals surface area contributed by atoms with Crippen LogP contribution in [-0.4, -0.2) is 21.3 Å². The van der Waals surface area contributed by atoms with Crippen LogP contribution in [0.25, 0.3) is 10.6 Å². The highest BCUT2D eigenvalue weighted by atomic mass is 79.9. The van der Waals surface area contributed by atoms with Crippen molar-refractivity contribution >= 4 is 27.3 Å². The third kappa shape index (κ3) is 2.07. The van der Waals surface area contributed by atoms with Gasteiger partial charge in [-0.1, -0.05) is 0 Å². The molecule has 0 fully saturated rings. The van der Waals surface area contributed by atoms with Crippen LogP contribution in [0.2, 0.25) is 0 Å². The van der Waals surface area contributed by atoms with E-state index < -0.39 is 0 Å². The number of hydrogen-bond acceptors (Lipinski definition) is 3. The van der Waals surface area contributed by atoms with E-state index in [9.17, 15) is 0 Å². The molecular weight excluding hydrogens is 288 g/mol. The van der Waals surface area contributed by atoms with Crippen LogP contribution in [0.3, 0.4) is 0 Å². The van der Waals surface area contributed by atoms with E-state index in [0.717, 1.165) is 21.7 Å². The summed E-state index contributed by atoms with van der Waals surface area (Å²) in [6, 6.07) is 2.09. The molecule has 0 saturated heterocycles. The molecule has 0 spiro atoms. The number of thiophene rings is 1. The van der Waals surface area contributed by atoms with Crippen molar-refractivity contribution in [3.8, 4) is 10.6 Å². The molecule has 5 heteroatoms. The molecule has 0 aliphatic heterocycles. The lowest BCUT2D eigenvalue weighted by Gasteiger charge is -2.03. The van der Waals surface area contributed by atoms with Crippen molar-refractivity contribution in [3.05, 3.63) is 27.4 Å². The summed E-state index contributed by atoms with van der Waals surface area (Å²) in [5.74, 6) is 0.930. The third-order valence-electron chi connectivity index (χ3n) is 2.50. The van der Waals surface area contributed by atoms with Gasteiger partial charge in [-0.05, 0) is 28.9 Å². The molecule has 3 nitrogen and oxygen atoms in total. The Morgan fingerprint density at radius 3 is 2.88 bits per heavy atom. The molecule has 86 valence electrons. The predicted octanol–water partition coefficient (Wildman–Crippen LogP) is 2.75. The predicted molar refractivity (Wildman–Crippen MR) is 69.7 cm³/mol. The molecule has 2 aromatic rings. The maximum Gasteiger partial charge on any atom is 0.111 e. The first kappa shape index (κ1) is 11.8. The zero-order valence-corrected chi connectivity index (χ0v) is 11.6. The van der Waals surface area contributed by atoms with Gasteiger partial charge >= 0.3 is 0 Å². The second-order valence-corrected chi connectivity index (χ2v) is 5.45. The van der Waals surface area contributed by atoms with Crippen LogP contribution < -0.4 is 0 Å². The van der Waals surface area contributed by atoms with Crippen LogP contribution in [0.15, 0.2) is 15.9 Å². The Labute approximate surface area is 107 Å². The molecule has 0 saturated carbocycles. The number of nitrogens with zero attached hydrogens (tertiary/aromatic N) is 2. The molecule has 0 aliphatic rings. The number of rotatable bonds is 3. The minimum Gasteiger partial charge on any atom is -0.396 e. The lowest BCUT2D eigenvalue weighted by atomic mass is 10.3. The molecule has 16 heavy (non-hydrogen) atoms. The monoisotopic (exact) mass is 300 g/mol. The van der Waals surface area contributed by atoms with Crippen LogP contribution in [-0.2, 0) is 13.5 Å². The van der Waals surface area contributed by atoms with E-state index in [2.05, 4.69) is 36.9 Å². The number of aryl methyl sites for hydroxylation is 1. The van der Waals surface area contributed by atoms with Gasteiger partial charge in [0, 0.05) is 23.3 Å². The number of aromatic nitrogens is 2. The Morgan fingerprint density at radius 1 is 1.56 bits per heavy atom. The Morgan fingerprint density at radius 2 is 2.31 bits per heavy atom. The fourth-order valence-electron chi connectivity index (χ4n) is 1.80. The maximum absolute atomic E-state index is 8.96. The fourth-order valence-corrected chi connectivity index (χ4v) is 3.36. The van der Waals surface area contributed by atoms with Gasteiger partial charge in [0.1, 0.15) is 5.82 Å². The van der Waals surface area contributed by atoms with E-state index in [-0.39, 0.29) is 6.61 Å². The Kier molecular flexibility index (Phi) is 3.47. The molecular formula is C11H13BrN2OS. The highest BCUT2D eigenvalue weighted by Gasteiger charge is 2.14. The van der Waals surface area contributed by atoms with E-state index >= 15 is 0 Å². The highest BCUT2D eigenvalue weighted by Crippen LogP contribution is 2.32. The molecule has 0 aliphatic carbocycles. The number of imidazole rings is 1. The summed E-state index contributed by atoms with van der Waals surface area (Å²) in [6.45, 7) is 2.14. The minimum absolute atomic E-state index is 0.137. The fraction of sp³-hybridized carbons (Fsp3) is 0.364. The molecule has 0 bridgehead atoms. The first-order chi connectivity index (χ1) is 7.63. The summed E-state index contributed by atoms with van der Waals surface area (Å²) in [5, 5.41) is 11.0. The Bertz CT molecular complexity index is 504. The van der Waals surface area contributed by atoms with Crippen LogP contribution in [0.5, 0.6) is 0 Å². The topological polar surface area (TPSA) is 38.1 Å². The van der Waals surface area contributed by atoms with Crippen molar-refractivity contribution in [2.75, 3.05) is 6.61 Å². The van der Waals surface area contributed by atoms with Gasteiger partial charge in [0.15, 0.2) is 0 Å². The van der Waals surface area contributed by atoms with Crippen molar-refractivity contribution in [2.24, 2.45) is 7.05 Å². The van der Waals surface area contributed by atoms with E-state index in [1.54, 1.807) is 11.3 Å². The van der Waals surface area contributed by atoms with E-state index in [0.29, 0.717) is 6.42 Å². The van der Waals surface area contributed by atoms with Crippen molar-refractivity contribution in [1.29, 1.82) is 0 Å². The van der Waals surface area contributed by atoms with Gasteiger partial charge < -0.3 is 9.67 Å². The molecule has 0 amide bonds. The zero-order chi connectivity index (χ0) is 11.7. The second-order valence-electron chi connectivity index (χ2n) is 3.62. The van der Waals surface area contributed by atoms with Gasteiger partial charge in [0.05, 0.1) is 22.9 Å². The van der Waals surface area contributed by atoms with Crippen molar-refractivity contribution in [1.82, 2.24) is 9.55 Å². The summed E-state index contributed by atoms with van der Waals surface area (Å²) in [5.41, 5.74) is 2.15. The molecule has 0 aromatic carbocycles. The van der Waals surface area contributed by atoms with Crippen LogP contribution >= 0.6 is 27.3 Å². The number of hydrogen-bond donors (Lipinski definition) is 1. The Hall–Kier alpha value is -0.650. The van der Waals surface area contributed by atoms with Gasteiger partial charge in [-0.15, -0.1) is 11.3 Å². The summed E-state index contributed by atoms with van der Waals surface area (Å²) < 4.78 is 3.15. The first-order valence-electron chi connectivity index (χ1n) is 5.01. The molecule has 1 N–H and O–H groups in total. The molecule has 2 rings (SSSR count). The summed E-state index contributed by atoms with van der Waals surface area (Å²) in [4.78, 5) is 5.68. The van der Waals surface area contributed by atoms with Gasteiger partial charge in [-0.25, -0.2) is 4.98 Å². The van der Waals surface area contributed by atoms with Crippen LogP contribution in [0.4, 0.5) is 0 Å². The van der Waals surface area contributed by atoms with Crippen LogP contribution in [0.1, 0.15) is 11.5 Å². The molecule has 0 unspecified atom stereocenters. The Balaban J connectivity index is 2.48.